The van der Waals surface area contributed by atoms with Crippen LogP contribution in [0, 0.1) is 0 Å². The predicted octanol–water partition coefficient (Wildman–Crippen LogP) is 3.56. The number of esters is 1. The molecule has 0 spiro atoms. The molecule has 5 heteroatoms. The first-order valence-electron chi connectivity index (χ1n) is 9.26. The molecule has 3 aromatic rings. The zero-order chi connectivity index (χ0) is 19.3. The maximum Gasteiger partial charge on any atom is 0.310 e. The Morgan fingerprint density at radius 2 is 1.68 bits per heavy atom. The lowest BCUT2D eigenvalue weighted by Crippen LogP contribution is -2.29. The normalized spacial score (nSPS) is 13.4. The number of rotatable bonds is 5. The van der Waals surface area contributed by atoms with E-state index in [1.54, 1.807) is 0 Å². The Morgan fingerprint density at radius 3 is 2.54 bits per heavy atom. The zero-order valence-corrected chi connectivity index (χ0v) is 15.4. The van der Waals surface area contributed by atoms with Crippen molar-refractivity contribution >= 4 is 28.4 Å². The quantitative estimate of drug-likeness (QED) is 0.644. The number of hydrogen-bond donors (Lipinski definition) is 0. The molecule has 0 aliphatic carbocycles. The van der Waals surface area contributed by atoms with Gasteiger partial charge in [-0.15, -0.1) is 0 Å². The molecule has 1 aliphatic heterocycles. The van der Waals surface area contributed by atoms with Gasteiger partial charge in [-0.3, -0.25) is 9.59 Å². The average Bonchev–Trinajstić information content (AvgIpc) is 3.23. The van der Waals surface area contributed by atoms with Gasteiger partial charge < -0.3 is 4.74 Å². The van der Waals surface area contributed by atoms with Crippen LogP contribution in [0.5, 0.6) is 0 Å². The highest BCUT2D eigenvalue weighted by molar-refractivity contribution is 6.02. The summed E-state index contributed by atoms with van der Waals surface area (Å²) in [7, 11) is 0. The second kappa shape index (κ2) is 8.05. The molecule has 0 fully saturated rings. The van der Waals surface area contributed by atoms with Crippen LogP contribution in [0.4, 0.5) is 0 Å². The molecule has 3 aromatic carbocycles. The highest BCUT2D eigenvalue weighted by atomic mass is 16.5. The first-order valence-corrected chi connectivity index (χ1v) is 9.26. The third kappa shape index (κ3) is 3.93. The van der Waals surface area contributed by atoms with E-state index in [0.717, 1.165) is 27.6 Å². The number of amides is 1. The summed E-state index contributed by atoms with van der Waals surface area (Å²) in [5.74, 6) is -0.728. The maximum atomic E-state index is 12.3. The minimum absolute atomic E-state index is 0.132. The van der Waals surface area contributed by atoms with E-state index >= 15 is 0 Å². The van der Waals surface area contributed by atoms with Crippen molar-refractivity contribution in [1.29, 1.82) is 0 Å². The molecule has 0 N–H and O–H groups in total. The van der Waals surface area contributed by atoms with Gasteiger partial charge in [-0.2, -0.15) is 5.10 Å². The van der Waals surface area contributed by atoms with Gasteiger partial charge in [-0.1, -0.05) is 72.8 Å². The van der Waals surface area contributed by atoms with Crippen molar-refractivity contribution in [2.45, 2.75) is 12.8 Å². The minimum Gasteiger partial charge on any atom is -0.455 e. The number of nitrogens with zero attached hydrogens (tertiary/aromatic N) is 2. The monoisotopic (exact) mass is 372 g/mol. The van der Waals surface area contributed by atoms with Gasteiger partial charge in [-0.05, 0) is 21.9 Å². The number of benzene rings is 3. The molecule has 28 heavy (non-hydrogen) atoms. The Bertz CT molecular complexity index is 1040. The summed E-state index contributed by atoms with van der Waals surface area (Å²) in [4.78, 5) is 24.6. The maximum absolute atomic E-state index is 12.3. The largest absolute Gasteiger partial charge is 0.455 e. The highest BCUT2D eigenvalue weighted by Crippen LogP contribution is 2.19. The van der Waals surface area contributed by atoms with E-state index in [1.165, 1.54) is 5.01 Å². The van der Waals surface area contributed by atoms with Crippen LogP contribution in [0.1, 0.15) is 17.5 Å². The van der Waals surface area contributed by atoms with Crippen LogP contribution < -0.4 is 0 Å². The van der Waals surface area contributed by atoms with Crippen molar-refractivity contribution in [3.63, 3.8) is 0 Å². The van der Waals surface area contributed by atoms with Gasteiger partial charge in [-0.25, -0.2) is 5.01 Å². The lowest BCUT2D eigenvalue weighted by Gasteiger charge is -2.12. The third-order valence-corrected chi connectivity index (χ3v) is 4.77. The Labute approximate surface area is 163 Å². The highest BCUT2D eigenvalue weighted by Gasteiger charge is 2.22. The van der Waals surface area contributed by atoms with Crippen molar-refractivity contribution in [3.05, 3.63) is 83.9 Å². The van der Waals surface area contributed by atoms with Crippen LogP contribution in [-0.2, 0) is 20.7 Å². The first kappa shape index (κ1) is 17.9. The Hall–Kier alpha value is -3.47. The van der Waals surface area contributed by atoms with Gasteiger partial charge in [0.1, 0.15) is 0 Å². The summed E-state index contributed by atoms with van der Waals surface area (Å²) in [5, 5.41) is 7.84. The molecule has 0 unspecified atom stereocenters. The number of hydrogen-bond acceptors (Lipinski definition) is 4. The van der Waals surface area contributed by atoms with E-state index in [2.05, 4.69) is 5.10 Å². The molecule has 140 valence electrons. The van der Waals surface area contributed by atoms with Gasteiger partial charge in [0, 0.05) is 6.42 Å². The van der Waals surface area contributed by atoms with Gasteiger partial charge in [0.2, 0.25) is 0 Å². The number of carbonyl (C=O) groups is 2. The molecule has 0 aromatic heterocycles. The molecule has 1 heterocycles. The fourth-order valence-corrected chi connectivity index (χ4v) is 3.34. The van der Waals surface area contributed by atoms with Crippen molar-refractivity contribution < 1.29 is 14.3 Å². The Balaban J connectivity index is 1.35. The van der Waals surface area contributed by atoms with Crippen LogP contribution in [0.2, 0.25) is 0 Å². The summed E-state index contributed by atoms with van der Waals surface area (Å²) in [6, 6.07) is 23.5. The minimum atomic E-state index is -0.420. The average molecular weight is 372 g/mol. The van der Waals surface area contributed by atoms with Crippen LogP contribution in [0.25, 0.3) is 10.8 Å². The molecule has 0 saturated heterocycles. The van der Waals surface area contributed by atoms with Crippen LogP contribution in [-0.4, -0.2) is 35.7 Å². The summed E-state index contributed by atoms with van der Waals surface area (Å²) in [6.45, 7) is 0.207. The molecule has 0 atom stereocenters. The van der Waals surface area contributed by atoms with E-state index in [1.807, 2.05) is 72.8 Å². The fraction of sp³-hybridized carbons (Fsp3) is 0.174. The van der Waals surface area contributed by atoms with Crippen LogP contribution in [0.15, 0.2) is 77.9 Å². The number of fused-ring (bicyclic) bond motifs is 1. The van der Waals surface area contributed by atoms with Gasteiger partial charge in [0.15, 0.2) is 6.61 Å². The van der Waals surface area contributed by atoms with Crippen molar-refractivity contribution in [2.24, 2.45) is 5.10 Å². The van der Waals surface area contributed by atoms with Gasteiger partial charge in [0.25, 0.3) is 5.91 Å². The second-order valence-corrected chi connectivity index (χ2v) is 6.66. The van der Waals surface area contributed by atoms with Crippen molar-refractivity contribution in [3.8, 4) is 0 Å². The fourth-order valence-electron chi connectivity index (χ4n) is 3.34. The molecule has 4 rings (SSSR count). The van der Waals surface area contributed by atoms with E-state index in [0.29, 0.717) is 13.0 Å². The predicted molar refractivity (Wildman–Crippen MR) is 108 cm³/mol. The van der Waals surface area contributed by atoms with E-state index < -0.39 is 5.97 Å². The number of carbonyl (C=O) groups excluding carboxylic acids is 2. The molecular weight excluding hydrogens is 352 g/mol. The van der Waals surface area contributed by atoms with E-state index in [4.69, 9.17) is 4.74 Å². The van der Waals surface area contributed by atoms with E-state index in [-0.39, 0.29) is 18.9 Å². The summed E-state index contributed by atoms with van der Waals surface area (Å²) >= 11 is 0. The second-order valence-electron chi connectivity index (χ2n) is 6.66. The molecule has 5 nitrogen and oxygen atoms in total. The summed E-state index contributed by atoms with van der Waals surface area (Å²) < 4.78 is 5.21. The Morgan fingerprint density at radius 1 is 0.929 bits per heavy atom. The first-order chi connectivity index (χ1) is 13.7. The van der Waals surface area contributed by atoms with Crippen LogP contribution in [0.3, 0.4) is 0 Å². The zero-order valence-electron chi connectivity index (χ0n) is 15.4. The number of ether oxygens (including phenoxy) is 1. The van der Waals surface area contributed by atoms with Crippen molar-refractivity contribution in [1.82, 2.24) is 5.01 Å². The SMILES string of the molecule is O=C(Cc1cccc2ccccc12)OCC(=O)N1CCC(c2ccccc2)=N1. The van der Waals surface area contributed by atoms with Crippen molar-refractivity contribution in [2.75, 3.05) is 13.2 Å². The molecule has 0 bridgehead atoms. The molecule has 1 aliphatic rings. The lowest BCUT2D eigenvalue weighted by molar-refractivity contribution is -0.151. The van der Waals surface area contributed by atoms with Gasteiger partial charge in [0.05, 0.1) is 18.7 Å². The number of hydrazone groups is 1. The van der Waals surface area contributed by atoms with E-state index in [9.17, 15) is 9.59 Å². The summed E-state index contributed by atoms with van der Waals surface area (Å²) in [5.41, 5.74) is 2.77. The third-order valence-electron chi connectivity index (χ3n) is 4.77. The summed E-state index contributed by atoms with van der Waals surface area (Å²) in [6.07, 6.45) is 0.826. The smallest absolute Gasteiger partial charge is 0.310 e. The molecule has 0 saturated carbocycles. The molecular formula is C23H20N2O3. The van der Waals surface area contributed by atoms with Crippen LogP contribution >= 0.6 is 0 Å². The molecule has 1 amide bonds. The topological polar surface area (TPSA) is 59.0 Å². The lowest BCUT2D eigenvalue weighted by atomic mass is 10.0. The molecule has 0 radical (unpaired) electrons. The Kier molecular flexibility index (Phi) is 5.15. The standard InChI is InChI=1S/C23H20N2O3/c26-22(25-14-13-21(24-25)18-8-2-1-3-9-18)16-28-23(27)15-19-11-6-10-17-7-4-5-12-20(17)19/h1-12H,13-16H2. The van der Waals surface area contributed by atoms with Gasteiger partial charge >= 0.3 is 5.97 Å².